The van der Waals surface area contributed by atoms with Gasteiger partial charge in [-0.25, -0.2) is 0 Å². The molecule has 88 valence electrons. The molecule has 1 unspecified atom stereocenters. The summed E-state index contributed by atoms with van der Waals surface area (Å²) in [4.78, 5) is 11.5. The normalized spacial score (nSPS) is 19.6. The Morgan fingerprint density at radius 3 is 2.67 bits per heavy atom. The molecule has 1 atom stereocenters. The van der Waals surface area contributed by atoms with Gasteiger partial charge in [-0.3, -0.25) is 9.00 Å². The monoisotopic (exact) mass is 249 g/mol. The fraction of sp³-hybridized carbons (Fsp3) is 0.900. The first kappa shape index (κ1) is 13.0. The molecule has 5 heteroatoms. The highest BCUT2D eigenvalue weighted by atomic mass is 32.2. The third-order valence-corrected chi connectivity index (χ3v) is 4.78. The van der Waals surface area contributed by atoms with Crippen LogP contribution >= 0.6 is 12.6 Å². The van der Waals surface area contributed by atoms with Gasteiger partial charge in [0.05, 0.1) is 0 Å². The Bertz CT molecular complexity index is 252. The van der Waals surface area contributed by atoms with Crippen LogP contribution < -0.4 is 5.32 Å². The van der Waals surface area contributed by atoms with Gasteiger partial charge in [0.2, 0.25) is 5.91 Å². The number of hydrogen-bond acceptors (Lipinski definition) is 3. The smallest absolute Gasteiger partial charge is 0.220 e. The van der Waals surface area contributed by atoms with Crippen LogP contribution in [0.1, 0.15) is 26.2 Å². The Morgan fingerprint density at radius 2 is 2.20 bits per heavy atom. The van der Waals surface area contributed by atoms with Crippen molar-refractivity contribution in [3.05, 3.63) is 0 Å². The molecule has 1 saturated carbocycles. The summed E-state index contributed by atoms with van der Waals surface area (Å²) in [6.45, 7) is 2.42. The maximum Gasteiger partial charge on any atom is 0.220 e. The van der Waals surface area contributed by atoms with E-state index in [2.05, 4.69) is 17.9 Å². The summed E-state index contributed by atoms with van der Waals surface area (Å²) < 4.78 is 11.1. The summed E-state index contributed by atoms with van der Waals surface area (Å²) in [7, 11) is -0.783. The molecule has 0 bridgehead atoms. The fourth-order valence-corrected chi connectivity index (χ4v) is 2.47. The second-order valence-electron chi connectivity index (χ2n) is 4.12. The van der Waals surface area contributed by atoms with Crippen molar-refractivity contribution < 1.29 is 9.00 Å². The van der Waals surface area contributed by atoms with Crippen molar-refractivity contribution in [1.82, 2.24) is 5.32 Å². The lowest BCUT2D eigenvalue weighted by atomic mass is 10.1. The van der Waals surface area contributed by atoms with Crippen molar-refractivity contribution in [2.75, 3.05) is 23.8 Å². The minimum Gasteiger partial charge on any atom is -0.355 e. The Kier molecular flexibility index (Phi) is 5.12. The van der Waals surface area contributed by atoms with Gasteiger partial charge in [-0.2, -0.15) is 12.6 Å². The van der Waals surface area contributed by atoms with Crippen molar-refractivity contribution >= 4 is 29.3 Å². The van der Waals surface area contributed by atoms with Gasteiger partial charge in [-0.1, -0.05) is 6.92 Å². The van der Waals surface area contributed by atoms with Crippen LogP contribution in [0.25, 0.3) is 0 Å². The largest absolute Gasteiger partial charge is 0.355 e. The van der Waals surface area contributed by atoms with Crippen LogP contribution in [-0.2, 0) is 15.6 Å². The third-order valence-electron chi connectivity index (χ3n) is 2.80. The van der Waals surface area contributed by atoms with Crippen LogP contribution in [0.2, 0.25) is 0 Å². The number of thiol groups is 1. The van der Waals surface area contributed by atoms with E-state index in [4.69, 9.17) is 0 Å². The van der Waals surface area contributed by atoms with Gasteiger partial charge >= 0.3 is 0 Å². The first-order valence-electron chi connectivity index (χ1n) is 5.34. The lowest BCUT2D eigenvalue weighted by Crippen LogP contribution is -2.30. The standard InChI is InChI=1S/C10H19NO2S2/c1-2-15(13)6-5-11-9(12)7-10(8-14)3-4-10/h14H,2-8H2,1H3,(H,11,12). The molecule has 3 nitrogen and oxygen atoms in total. The van der Waals surface area contributed by atoms with Crippen molar-refractivity contribution in [3.8, 4) is 0 Å². The predicted octanol–water partition coefficient (Wildman–Crippen LogP) is 0.971. The van der Waals surface area contributed by atoms with E-state index in [0.717, 1.165) is 18.6 Å². The van der Waals surface area contributed by atoms with Crippen LogP contribution in [0.3, 0.4) is 0 Å². The van der Waals surface area contributed by atoms with E-state index in [1.807, 2.05) is 6.92 Å². The lowest BCUT2D eigenvalue weighted by Gasteiger charge is -2.11. The van der Waals surface area contributed by atoms with Crippen molar-refractivity contribution in [2.24, 2.45) is 5.41 Å². The predicted molar refractivity (Wildman–Crippen MR) is 66.7 cm³/mol. The molecular formula is C10H19NO2S2. The second-order valence-corrected chi connectivity index (χ2v) is 6.30. The maximum absolute atomic E-state index is 11.5. The van der Waals surface area contributed by atoms with Crippen molar-refractivity contribution in [1.29, 1.82) is 0 Å². The molecule has 1 N–H and O–H groups in total. The molecule has 0 aromatic rings. The highest BCUT2D eigenvalue weighted by molar-refractivity contribution is 7.84. The summed E-state index contributed by atoms with van der Waals surface area (Å²) in [5.74, 6) is 2.10. The molecule has 0 spiro atoms. The molecule has 0 aromatic heterocycles. The number of nitrogens with one attached hydrogen (secondary N) is 1. The topological polar surface area (TPSA) is 46.2 Å². The quantitative estimate of drug-likeness (QED) is 0.661. The van der Waals surface area contributed by atoms with E-state index in [0.29, 0.717) is 24.5 Å². The highest BCUT2D eigenvalue weighted by Gasteiger charge is 2.42. The number of carbonyl (C=O) groups is 1. The van der Waals surface area contributed by atoms with Crippen LogP contribution in [0.15, 0.2) is 0 Å². The van der Waals surface area contributed by atoms with Gasteiger partial charge in [-0.15, -0.1) is 0 Å². The van der Waals surface area contributed by atoms with Gasteiger partial charge in [0, 0.05) is 35.3 Å². The van der Waals surface area contributed by atoms with E-state index >= 15 is 0 Å². The molecule has 0 heterocycles. The number of hydrogen-bond donors (Lipinski definition) is 2. The van der Waals surface area contributed by atoms with E-state index in [1.165, 1.54) is 0 Å². The molecule has 0 radical (unpaired) electrons. The Hall–Kier alpha value is -0.0300. The Balaban J connectivity index is 2.11. The zero-order chi connectivity index (χ0) is 11.3. The summed E-state index contributed by atoms with van der Waals surface area (Å²) in [5, 5.41) is 2.81. The molecule has 0 saturated heterocycles. The van der Waals surface area contributed by atoms with Crippen LogP contribution in [-0.4, -0.2) is 33.9 Å². The summed E-state index contributed by atoms with van der Waals surface area (Å²) in [6.07, 6.45) is 2.81. The van der Waals surface area contributed by atoms with Crippen molar-refractivity contribution in [3.63, 3.8) is 0 Å². The molecular weight excluding hydrogens is 230 g/mol. The highest BCUT2D eigenvalue weighted by Crippen LogP contribution is 2.49. The van der Waals surface area contributed by atoms with Crippen molar-refractivity contribution in [2.45, 2.75) is 26.2 Å². The van der Waals surface area contributed by atoms with E-state index < -0.39 is 10.8 Å². The molecule has 1 aliphatic carbocycles. The first-order valence-corrected chi connectivity index (χ1v) is 7.46. The van der Waals surface area contributed by atoms with E-state index in [-0.39, 0.29) is 11.3 Å². The zero-order valence-electron chi connectivity index (χ0n) is 9.12. The van der Waals surface area contributed by atoms with Crippen LogP contribution in [0.5, 0.6) is 0 Å². The van der Waals surface area contributed by atoms with Gasteiger partial charge in [-0.05, 0) is 24.0 Å². The SMILES string of the molecule is CCS(=O)CCNC(=O)CC1(CS)CC1. The first-order chi connectivity index (χ1) is 7.12. The molecule has 0 aromatic carbocycles. The second kappa shape index (κ2) is 5.89. The van der Waals surface area contributed by atoms with E-state index in [9.17, 15) is 9.00 Å². The fourth-order valence-electron chi connectivity index (χ4n) is 1.42. The average Bonchev–Trinajstić information content (AvgIpc) is 2.98. The van der Waals surface area contributed by atoms with Crippen LogP contribution in [0.4, 0.5) is 0 Å². The molecule has 0 aliphatic heterocycles. The van der Waals surface area contributed by atoms with Gasteiger partial charge in [0.1, 0.15) is 0 Å². The van der Waals surface area contributed by atoms with Gasteiger partial charge in [0.15, 0.2) is 0 Å². The molecule has 1 amide bonds. The lowest BCUT2D eigenvalue weighted by molar-refractivity contribution is -0.121. The minimum atomic E-state index is -0.783. The molecule has 1 rings (SSSR count). The number of amides is 1. The van der Waals surface area contributed by atoms with E-state index in [1.54, 1.807) is 0 Å². The van der Waals surface area contributed by atoms with Gasteiger partial charge < -0.3 is 5.32 Å². The summed E-state index contributed by atoms with van der Waals surface area (Å²) in [5.41, 5.74) is 0.178. The number of carbonyl (C=O) groups excluding carboxylic acids is 1. The van der Waals surface area contributed by atoms with Gasteiger partial charge in [0.25, 0.3) is 0 Å². The molecule has 1 fully saturated rings. The Labute approximate surface area is 99.3 Å². The average molecular weight is 249 g/mol. The maximum atomic E-state index is 11.5. The number of rotatable bonds is 7. The minimum absolute atomic E-state index is 0.0784. The Morgan fingerprint density at radius 1 is 1.53 bits per heavy atom. The van der Waals surface area contributed by atoms with Crippen LogP contribution in [0, 0.1) is 5.41 Å². The summed E-state index contributed by atoms with van der Waals surface area (Å²) in [6, 6.07) is 0. The molecule has 15 heavy (non-hydrogen) atoms. The molecule has 1 aliphatic rings. The third kappa shape index (κ3) is 4.55. The zero-order valence-corrected chi connectivity index (χ0v) is 10.8. The summed E-state index contributed by atoms with van der Waals surface area (Å²) >= 11 is 4.25.